The van der Waals surface area contributed by atoms with Gasteiger partial charge in [-0.05, 0) is 60.2 Å². The second-order valence-corrected chi connectivity index (χ2v) is 7.11. The second kappa shape index (κ2) is 9.94. The van der Waals surface area contributed by atoms with Crippen LogP contribution < -0.4 is 15.4 Å². The van der Waals surface area contributed by atoms with Crippen molar-refractivity contribution >= 4 is 23.0 Å². The van der Waals surface area contributed by atoms with Crippen LogP contribution in [-0.4, -0.2) is 10.9 Å². The first-order valence-electron chi connectivity index (χ1n) is 10.2. The molecule has 2 N–H and O–H groups in total. The minimum atomic E-state index is -0.531. The first-order valence-corrected chi connectivity index (χ1v) is 10.2. The Balaban J connectivity index is 1.52. The Hall–Kier alpha value is -4.89. The van der Waals surface area contributed by atoms with E-state index in [-0.39, 0.29) is 5.57 Å². The summed E-state index contributed by atoms with van der Waals surface area (Å²) in [4.78, 5) is 16.2. The van der Waals surface area contributed by atoms with Crippen LogP contribution in [0.5, 0.6) is 11.5 Å². The average Bonchev–Trinajstić information content (AvgIpc) is 2.86. The lowest BCUT2D eigenvalue weighted by Crippen LogP contribution is -2.12. The van der Waals surface area contributed by atoms with Crippen LogP contribution in [0.25, 0.3) is 11.1 Å². The van der Waals surface area contributed by atoms with Crippen molar-refractivity contribution in [2.24, 2.45) is 0 Å². The largest absolute Gasteiger partial charge is 0.457 e. The number of rotatable bonds is 7. The van der Waals surface area contributed by atoms with Gasteiger partial charge in [-0.3, -0.25) is 9.78 Å². The van der Waals surface area contributed by atoms with Gasteiger partial charge in [-0.15, -0.1) is 0 Å². The summed E-state index contributed by atoms with van der Waals surface area (Å²) in [5.74, 6) is 0.987. The third-order valence-electron chi connectivity index (χ3n) is 4.77. The molecule has 0 bridgehead atoms. The minimum absolute atomic E-state index is 0.149. The molecule has 0 aliphatic carbocycles. The van der Waals surface area contributed by atoms with Gasteiger partial charge in [0.2, 0.25) is 0 Å². The number of benzene rings is 3. The number of nitrogens with zero attached hydrogens (tertiary/aromatic N) is 2. The molecule has 0 radical (unpaired) electrons. The summed E-state index contributed by atoms with van der Waals surface area (Å²) in [6.07, 6.45) is 3.46. The quantitative estimate of drug-likeness (QED) is 0.264. The van der Waals surface area contributed by atoms with Gasteiger partial charge < -0.3 is 15.4 Å². The number of amides is 1. The van der Waals surface area contributed by atoms with Gasteiger partial charge in [-0.1, -0.05) is 36.9 Å². The predicted octanol–water partition coefficient (Wildman–Crippen LogP) is 6.30. The summed E-state index contributed by atoms with van der Waals surface area (Å²) in [5, 5.41) is 14.9. The number of carbonyl (C=O) groups is 1. The zero-order chi connectivity index (χ0) is 23.0. The molecular weight excluding hydrogens is 412 g/mol. The summed E-state index contributed by atoms with van der Waals surface area (Å²) in [6.45, 7) is 3.44. The fraction of sp³-hybridized carbons (Fsp3) is 0. The molecule has 160 valence electrons. The Labute approximate surface area is 191 Å². The number of anilines is 3. The van der Waals surface area contributed by atoms with Gasteiger partial charge in [0.15, 0.2) is 0 Å². The summed E-state index contributed by atoms with van der Waals surface area (Å²) < 4.78 is 5.85. The monoisotopic (exact) mass is 432 g/mol. The van der Waals surface area contributed by atoms with Gasteiger partial charge in [0.25, 0.3) is 5.91 Å². The normalized spacial score (nSPS) is 10.0. The molecule has 1 amide bonds. The lowest BCUT2D eigenvalue weighted by molar-refractivity contribution is -0.112. The third kappa shape index (κ3) is 5.43. The van der Waals surface area contributed by atoms with Gasteiger partial charge in [-0.2, -0.15) is 5.26 Å². The van der Waals surface area contributed by atoms with E-state index >= 15 is 0 Å². The number of nitriles is 1. The molecule has 0 aliphatic heterocycles. The van der Waals surface area contributed by atoms with E-state index in [0.717, 1.165) is 34.0 Å². The first kappa shape index (κ1) is 21.3. The lowest BCUT2D eigenvalue weighted by atomic mass is 10.0. The summed E-state index contributed by atoms with van der Waals surface area (Å²) in [7, 11) is 0. The van der Waals surface area contributed by atoms with Crippen molar-refractivity contribution in [1.29, 1.82) is 5.26 Å². The molecule has 0 spiro atoms. The van der Waals surface area contributed by atoms with Gasteiger partial charge in [0, 0.05) is 35.0 Å². The maximum absolute atomic E-state index is 12.0. The highest BCUT2D eigenvalue weighted by Crippen LogP contribution is 2.32. The first-order chi connectivity index (χ1) is 16.1. The van der Waals surface area contributed by atoms with Crippen molar-refractivity contribution in [3.63, 3.8) is 0 Å². The fourth-order valence-electron chi connectivity index (χ4n) is 3.14. The van der Waals surface area contributed by atoms with Gasteiger partial charge in [-0.25, -0.2) is 0 Å². The zero-order valence-corrected chi connectivity index (χ0v) is 17.7. The molecule has 33 heavy (non-hydrogen) atoms. The molecule has 4 rings (SSSR count). The van der Waals surface area contributed by atoms with Crippen LogP contribution in [-0.2, 0) is 4.79 Å². The third-order valence-corrected chi connectivity index (χ3v) is 4.77. The summed E-state index contributed by atoms with van der Waals surface area (Å²) >= 11 is 0. The predicted molar refractivity (Wildman–Crippen MR) is 129 cm³/mol. The van der Waals surface area contributed by atoms with Crippen molar-refractivity contribution in [3.8, 4) is 28.7 Å². The van der Waals surface area contributed by atoms with E-state index in [2.05, 4.69) is 22.2 Å². The average molecular weight is 432 g/mol. The SMILES string of the molecule is C=C(C#N)C(=O)Nc1cccc(-c2cnccc2Nc2ccc(Oc3ccccc3)cc2)c1. The van der Waals surface area contributed by atoms with Crippen LogP contribution in [0.1, 0.15) is 0 Å². The standard InChI is InChI=1S/C27H20N4O2/c1-19(17-28)27(32)31-22-7-5-6-20(16-22)25-18-29-15-14-26(25)30-21-10-12-24(13-11-21)33-23-8-3-2-4-9-23/h2-16,18H,1H2,(H,29,30)(H,31,32). The minimum Gasteiger partial charge on any atom is -0.457 e. The molecule has 1 aromatic heterocycles. The highest BCUT2D eigenvalue weighted by Gasteiger charge is 2.10. The molecule has 0 atom stereocenters. The van der Waals surface area contributed by atoms with Crippen LogP contribution in [0.2, 0.25) is 0 Å². The lowest BCUT2D eigenvalue weighted by Gasteiger charge is -2.13. The molecule has 0 aliphatic rings. The summed E-state index contributed by atoms with van der Waals surface area (Å²) in [5.41, 5.74) is 3.87. The van der Waals surface area contributed by atoms with E-state index in [9.17, 15) is 4.79 Å². The highest BCUT2D eigenvalue weighted by molar-refractivity contribution is 6.06. The highest BCUT2D eigenvalue weighted by atomic mass is 16.5. The Morgan fingerprint density at radius 1 is 0.909 bits per heavy atom. The Morgan fingerprint density at radius 3 is 2.42 bits per heavy atom. The number of pyridine rings is 1. The zero-order valence-electron chi connectivity index (χ0n) is 17.7. The van der Waals surface area contributed by atoms with E-state index in [4.69, 9.17) is 10.00 Å². The Bertz CT molecular complexity index is 1330. The number of nitrogens with one attached hydrogen (secondary N) is 2. The molecule has 0 unspecified atom stereocenters. The van der Waals surface area contributed by atoms with Crippen LogP contribution in [0.15, 0.2) is 109 Å². The van der Waals surface area contributed by atoms with Crippen LogP contribution in [0.4, 0.5) is 17.1 Å². The van der Waals surface area contributed by atoms with Gasteiger partial charge in [0.1, 0.15) is 23.1 Å². The van der Waals surface area contributed by atoms with E-state index in [1.165, 1.54) is 0 Å². The number of carbonyl (C=O) groups excluding carboxylic acids is 1. The number of aromatic nitrogens is 1. The molecule has 0 saturated heterocycles. The number of para-hydroxylation sites is 1. The molecule has 0 saturated carbocycles. The van der Waals surface area contributed by atoms with Crippen molar-refractivity contribution in [2.75, 3.05) is 10.6 Å². The van der Waals surface area contributed by atoms with Crippen LogP contribution in [0.3, 0.4) is 0 Å². The van der Waals surface area contributed by atoms with Gasteiger partial charge >= 0.3 is 0 Å². The number of ether oxygens (including phenoxy) is 1. The van der Waals surface area contributed by atoms with E-state index in [0.29, 0.717) is 5.69 Å². The van der Waals surface area contributed by atoms with Crippen molar-refractivity contribution in [2.45, 2.75) is 0 Å². The fourth-order valence-corrected chi connectivity index (χ4v) is 3.14. The second-order valence-electron chi connectivity index (χ2n) is 7.11. The summed E-state index contributed by atoms with van der Waals surface area (Å²) in [6, 6.07) is 28.2. The molecule has 4 aromatic rings. The van der Waals surface area contributed by atoms with Crippen molar-refractivity contribution < 1.29 is 9.53 Å². The molecule has 1 heterocycles. The van der Waals surface area contributed by atoms with Gasteiger partial charge in [0.05, 0.1) is 0 Å². The maximum atomic E-state index is 12.0. The maximum Gasteiger partial charge on any atom is 0.265 e. The molecule has 6 nitrogen and oxygen atoms in total. The van der Waals surface area contributed by atoms with E-state index < -0.39 is 5.91 Å². The molecule has 6 heteroatoms. The smallest absolute Gasteiger partial charge is 0.265 e. The van der Waals surface area contributed by atoms with Crippen LogP contribution in [0, 0.1) is 11.3 Å². The number of hydrogen-bond donors (Lipinski definition) is 2. The molecule has 0 fully saturated rings. The van der Waals surface area contributed by atoms with Crippen LogP contribution >= 0.6 is 0 Å². The van der Waals surface area contributed by atoms with Crippen molar-refractivity contribution in [1.82, 2.24) is 4.98 Å². The molecule has 3 aromatic carbocycles. The van der Waals surface area contributed by atoms with E-state index in [1.807, 2.05) is 78.9 Å². The topological polar surface area (TPSA) is 87.0 Å². The Kier molecular flexibility index (Phi) is 6.43. The Morgan fingerprint density at radius 2 is 1.67 bits per heavy atom. The number of hydrogen-bond acceptors (Lipinski definition) is 5. The van der Waals surface area contributed by atoms with E-state index in [1.54, 1.807) is 24.5 Å². The molecular formula is C27H20N4O2. The van der Waals surface area contributed by atoms with Crippen molar-refractivity contribution in [3.05, 3.63) is 109 Å².